The Morgan fingerprint density at radius 3 is 1.60 bits per heavy atom. The van der Waals surface area contributed by atoms with E-state index in [2.05, 4.69) is 0 Å². The maximum atomic E-state index is 13.0. The lowest BCUT2D eigenvalue weighted by molar-refractivity contribution is 0.390. The summed E-state index contributed by atoms with van der Waals surface area (Å²) in [6.07, 6.45) is -0.821. The highest BCUT2D eigenvalue weighted by molar-refractivity contribution is 5.31. The fraction of sp³-hybridized carbons (Fsp3) is 0.222. The molecule has 0 atom stereocenters. The van der Waals surface area contributed by atoms with E-state index < -0.39 is 47.5 Å². The molecule has 6 heteroatoms. The topological polar surface area (TPSA) is 23.8 Å². The SMILES string of the molecule is N#CCc1c(F)c(F)c(CF)c(F)c1F. The number of rotatable bonds is 2. The highest BCUT2D eigenvalue weighted by atomic mass is 19.2. The van der Waals surface area contributed by atoms with Gasteiger partial charge in [0.2, 0.25) is 0 Å². The van der Waals surface area contributed by atoms with Crippen LogP contribution in [-0.2, 0) is 13.1 Å². The highest BCUT2D eigenvalue weighted by Crippen LogP contribution is 2.24. The van der Waals surface area contributed by atoms with Gasteiger partial charge in [-0.25, -0.2) is 22.0 Å². The van der Waals surface area contributed by atoms with Crippen LogP contribution in [0.15, 0.2) is 0 Å². The maximum Gasteiger partial charge on any atom is 0.168 e. The van der Waals surface area contributed by atoms with Crippen LogP contribution in [-0.4, -0.2) is 0 Å². The number of alkyl halides is 1. The second-order valence-electron chi connectivity index (χ2n) is 2.68. The molecule has 0 saturated heterocycles. The van der Waals surface area contributed by atoms with Crippen molar-refractivity contribution in [1.29, 1.82) is 5.26 Å². The quantitative estimate of drug-likeness (QED) is 0.556. The summed E-state index contributed by atoms with van der Waals surface area (Å²) in [6, 6.07) is 1.35. The minimum atomic E-state index is -1.79. The molecule has 0 amide bonds. The van der Waals surface area contributed by atoms with Crippen molar-refractivity contribution >= 4 is 0 Å². The Labute approximate surface area is 81.7 Å². The Morgan fingerprint density at radius 2 is 1.27 bits per heavy atom. The molecule has 0 bridgehead atoms. The van der Waals surface area contributed by atoms with Crippen LogP contribution in [0.1, 0.15) is 11.1 Å². The summed E-state index contributed by atoms with van der Waals surface area (Å²) in [6.45, 7) is -1.65. The van der Waals surface area contributed by atoms with E-state index in [0.29, 0.717) is 0 Å². The summed E-state index contributed by atoms with van der Waals surface area (Å²) in [5.74, 6) is -7.02. The summed E-state index contributed by atoms with van der Waals surface area (Å²) >= 11 is 0. The number of hydrogen-bond donors (Lipinski definition) is 0. The van der Waals surface area contributed by atoms with E-state index in [1.807, 2.05) is 0 Å². The second kappa shape index (κ2) is 4.26. The Morgan fingerprint density at radius 1 is 0.867 bits per heavy atom. The zero-order chi connectivity index (χ0) is 11.6. The monoisotopic (exact) mass is 221 g/mol. The predicted molar refractivity (Wildman–Crippen MR) is 40.4 cm³/mol. The van der Waals surface area contributed by atoms with Crippen molar-refractivity contribution in [2.24, 2.45) is 0 Å². The molecule has 0 saturated carbocycles. The van der Waals surface area contributed by atoms with Crippen LogP contribution in [0.4, 0.5) is 22.0 Å². The van der Waals surface area contributed by atoms with Crippen LogP contribution in [0.2, 0.25) is 0 Å². The van der Waals surface area contributed by atoms with E-state index in [-0.39, 0.29) is 0 Å². The molecule has 0 heterocycles. The molecule has 0 spiro atoms. The summed E-state index contributed by atoms with van der Waals surface area (Å²) in [7, 11) is 0. The zero-order valence-electron chi connectivity index (χ0n) is 7.25. The van der Waals surface area contributed by atoms with Crippen LogP contribution in [0.3, 0.4) is 0 Å². The van der Waals surface area contributed by atoms with Crippen molar-refractivity contribution in [1.82, 2.24) is 0 Å². The van der Waals surface area contributed by atoms with Crippen LogP contribution in [0, 0.1) is 34.6 Å². The first-order chi connectivity index (χ1) is 7.04. The van der Waals surface area contributed by atoms with Gasteiger partial charge in [-0.2, -0.15) is 5.26 Å². The van der Waals surface area contributed by atoms with E-state index in [9.17, 15) is 22.0 Å². The first-order valence-electron chi connectivity index (χ1n) is 3.81. The molecule has 1 aromatic rings. The van der Waals surface area contributed by atoms with Gasteiger partial charge in [-0.15, -0.1) is 0 Å². The third-order valence-corrected chi connectivity index (χ3v) is 1.83. The molecule has 0 unspecified atom stereocenters. The molecule has 0 N–H and O–H groups in total. The Hall–Kier alpha value is -1.64. The lowest BCUT2D eigenvalue weighted by atomic mass is 10.1. The highest BCUT2D eigenvalue weighted by Gasteiger charge is 2.24. The van der Waals surface area contributed by atoms with Gasteiger partial charge in [0, 0.05) is 5.56 Å². The third-order valence-electron chi connectivity index (χ3n) is 1.83. The molecule has 1 aromatic carbocycles. The summed E-state index contributed by atoms with van der Waals surface area (Å²) < 4.78 is 63.8. The van der Waals surface area contributed by atoms with E-state index in [1.165, 1.54) is 6.07 Å². The Bertz CT molecular complexity index is 406. The number of nitrogens with zero attached hydrogens (tertiary/aromatic N) is 1. The fourth-order valence-corrected chi connectivity index (χ4v) is 1.07. The molecular formula is C9H4F5N. The van der Waals surface area contributed by atoms with Gasteiger partial charge >= 0.3 is 0 Å². The molecule has 1 nitrogen and oxygen atoms in total. The van der Waals surface area contributed by atoms with Gasteiger partial charge in [-0.05, 0) is 0 Å². The smallest absolute Gasteiger partial charge is 0.168 e. The predicted octanol–water partition coefficient (Wildman–Crippen LogP) is 2.78. The molecule has 0 fully saturated rings. The van der Waals surface area contributed by atoms with Gasteiger partial charge in [0.15, 0.2) is 23.3 Å². The molecule has 0 aliphatic heterocycles. The van der Waals surface area contributed by atoms with Crippen molar-refractivity contribution in [3.05, 3.63) is 34.4 Å². The van der Waals surface area contributed by atoms with Gasteiger partial charge in [0.25, 0.3) is 0 Å². The number of halogens is 5. The number of nitriles is 1. The van der Waals surface area contributed by atoms with E-state index >= 15 is 0 Å². The van der Waals surface area contributed by atoms with Crippen LogP contribution in [0.5, 0.6) is 0 Å². The van der Waals surface area contributed by atoms with Crippen molar-refractivity contribution in [2.45, 2.75) is 13.1 Å². The average Bonchev–Trinajstić information content (AvgIpc) is 2.23. The van der Waals surface area contributed by atoms with Gasteiger partial charge in [0.05, 0.1) is 18.1 Å². The molecule has 80 valence electrons. The maximum absolute atomic E-state index is 13.0. The summed E-state index contributed by atoms with van der Waals surface area (Å²) in [5, 5.41) is 8.17. The second-order valence-corrected chi connectivity index (χ2v) is 2.68. The number of hydrogen-bond acceptors (Lipinski definition) is 1. The Kier molecular flexibility index (Phi) is 3.24. The molecule has 0 aliphatic rings. The minimum absolute atomic E-state index is 0.821. The van der Waals surface area contributed by atoms with Gasteiger partial charge in [0.1, 0.15) is 6.67 Å². The van der Waals surface area contributed by atoms with Crippen LogP contribution < -0.4 is 0 Å². The molecule has 1 rings (SSSR count). The minimum Gasteiger partial charge on any atom is -0.246 e. The van der Waals surface area contributed by atoms with Crippen molar-refractivity contribution in [3.63, 3.8) is 0 Å². The molecular weight excluding hydrogens is 217 g/mol. The fourth-order valence-electron chi connectivity index (χ4n) is 1.07. The first kappa shape index (κ1) is 11.4. The lowest BCUT2D eigenvalue weighted by Gasteiger charge is -2.07. The zero-order valence-corrected chi connectivity index (χ0v) is 7.25. The first-order valence-corrected chi connectivity index (χ1v) is 3.81. The van der Waals surface area contributed by atoms with E-state index in [1.54, 1.807) is 0 Å². The van der Waals surface area contributed by atoms with E-state index in [4.69, 9.17) is 5.26 Å². The number of benzene rings is 1. The molecule has 0 aliphatic carbocycles. The molecule has 0 radical (unpaired) electrons. The van der Waals surface area contributed by atoms with Gasteiger partial charge < -0.3 is 0 Å². The van der Waals surface area contributed by atoms with Crippen LogP contribution in [0.25, 0.3) is 0 Å². The van der Waals surface area contributed by atoms with Crippen molar-refractivity contribution < 1.29 is 22.0 Å². The lowest BCUT2D eigenvalue weighted by Crippen LogP contribution is -2.07. The van der Waals surface area contributed by atoms with Crippen LogP contribution >= 0.6 is 0 Å². The van der Waals surface area contributed by atoms with Crippen molar-refractivity contribution in [3.8, 4) is 6.07 Å². The molecule has 0 aromatic heterocycles. The van der Waals surface area contributed by atoms with Gasteiger partial charge in [-0.1, -0.05) is 0 Å². The summed E-state index contributed by atoms with van der Waals surface area (Å²) in [4.78, 5) is 0. The standard InChI is InChI=1S/C9H4F5N/c10-3-5-8(13)6(11)4(1-2-15)7(12)9(5)14/h1,3H2. The summed E-state index contributed by atoms with van der Waals surface area (Å²) in [5.41, 5.74) is -2.32. The normalized spacial score (nSPS) is 10.1. The average molecular weight is 221 g/mol. The molecule has 15 heavy (non-hydrogen) atoms. The largest absolute Gasteiger partial charge is 0.246 e. The van der Waals surface area contributed by atoms with Gasteiger partial charge in [-0.3, -0.25) is 0 Å². The van der Waals surface area contributed by atoms with E-state index in [0.717, 1.165) is 0 Å². The Balaban J connectivity index is 3.53. The third kappa shape index (κ3) is 1.77. The van der Waals surface area contributed by atoms with Crippen molar-refractivity contribution in [2.75, 3.05) is 0 Å².